The lowest BCUT2D eigenvalue weighted by Crippen LogP contribution is -2.34. The lowest BCUT2D eigenvalue weighted by molar-refractivity contribution is 0.0523. The Morgan fingerprint density at radius 3 is 2.44 bits per heavy atom. The van der Waals surface area contributed by atoms with Crippen molar-refractivity contribution >= 4 is 28.6 Å². The molecule has 0 radical (unpaired) electrons. The van der Waals surface area contributed by atoms with Crippen LogP contribution >= 0.6 is 0 Å². The van der Waals surface area contributed by atoms with E-state index in [1.807, 2.05) is 13.8 Å². The molecule has 0 N–H and O–H groups in total. The summed E-state index contributed by atoms with van der Waals surface area (Å²) in [7, 11) is 0. The van der Waals surface area contributed by atoms with Crippen molar-refractivity contribution in [1.29, 1.82) is 0 Å². The average molecular weight is 494 g/mol. The number of aromatic nitrogens is 3. The molecule has 1 amide bonds. The Hall–Kier alpha value is -4.21. The molecule has 0 atom stereocenters. The molecule has 10 heteroatoms. The van der Waals surface area contributed by atoms with Crippen molar-refractivity contribution in [1.82, 2.24) is 14.0 Å². The monoisotopic (exact) mass is 494 g/mol. The highest BCUT2D eigenvalue weighted by Crippen LogP contribution is 2.16. The standard InChI is InChI=1S/C26H24F2N4O4/c1-5-36-26(35)17-12-16-22(29-21-15(4)8-7-11-31(21)25(16)34)32(13-14(2)3)23(17)30-24(33)20-18(27)9-6-10-19(20)28/h6-12,14H,5,13H2,1-4H3. The highest BCUT2D eigenvalue weighted by Gasteiger charge is 2.23. The second kappa shape index (κ2) is 9.80. The molecule has 8 nitrogen and oxygen atoms in total. The second-order valence-corrected chi connectivity index (χ2v) is 8.66. The molecular weight excluding hydrogens is 470 g/mol. The van der Waals surface area contributed by atoms with Crippen molar-refractivity contribution in [3.8, 4) is 0 Å². The van der Waals surface area contributed by atoms with E-state index in [0.29, 0.717) is 5.65 Å². The van der Waals surface area contributed by atoms with Crippen LogP contribution in [-0.4, -0.2) is 32.4 Å². The Bertz CT molecular complexity index is 1630. The molecule has 0 saturated heterocycles. The maximum Gasteiger partial charge on any atom is 0.341 e. The number of amides is 1. The zero-order chi connectivity index (χ0) is 26.1. The molecule has 0 aliphatic carbocycles. The van der Waals surface area contributed by atoms with Crippen LogP contribution in [0.1, 0.15) is 47.1 Å². The van der Waals surface area contributed by atoms with Crippen molar-refractivity contribution in [2.24, 2.45) is 10.9 Å². The summed E-state index contributed by atoms with van der Waals surface area (Å²) in [4.78, 5) is 48.0. The average Bonchev–Trinajstić information content (AvgIpc) is 2.81. The third-order valence-corrected chi connectivity index (χ3v) is 5.53. The lowest BCUT2D eigenvalue weighted by atomic mass is 10.1. The third kappa shape index (κ3) is 4.41. The van der Waals surface area contributed by atoms with Crippen LogP contribution in [0.25, 0.3) is 16.7 Å². The summed E-state index contributed by atoms with van der Waals surface area (Å²) >= 11 is 0. The summed E-state index contributed by atoms with van der Waals surface area (Å²) in [6, 6.07) is 7.78. The van der Waals surface area contributed by atoms with Crippen LogP contribution in [0.2, 0.25) is 0 Å². The maximum atomic E-state index is 14.3. The van der Waals surface area contributed by atoms with Crippen LogP contribution in [0, 0.1) is 24.5 Å². The number of benzene rings is 1. The number of rotatable bonds is 5. The third-order valence-electron chi connectivity index (χ3n) is 5.53. The number of hydrogen-bond donors (Lipinski definition) is 0. The first-order chi connectivity index (χ1) is 17.1. The predicted octanol–water partition coefficient (Wildman–Crippen LogP) is 3.81. The molecule has 0 aliphatic heterocycles. The number of pyridine rings is 2. The molecule has 4 aromatic rings. The molecule has 3 heterocycles. The van der Waals surface area contributed by atoms with Gasteiger partial charge in [0, 0.05) is 12.7 Å². The minimum Gasteiger partial charge on any atom is -0.462 e. The number of ether oxygens (including phenoxy) is 1. The Balaban J connectivity index is 2.19. The van der Waals surface area contributed by atoms with Gasteiger partial charge < -0.3 is 9.30 Å². The van der Waals surface area contributed by atoms with E-state index >= 15 is 0 Å². The van der Waals surface area contributed by atoms with Crippen molar-refractivity contribution in [3.63, 3.8) is 0 Å². The van der Waals surface area contributed by atoms with Gasteiger partial charge in [-0.1, -0.05) is 26.0 Å². The summed E-state index contributed by atoms with van der Waals surface area (Å²) in [5.41, 5.74) is -0.394. The molecule has 186 valence electrons. The van der Waals surface area contributed by atoms with Crippen LogP contribution in [0.5, 0.6) is 0 Å². The van der Waals surface area contributed by atoms with Gasteiger partial charge in [-0.25, -0.2) is 18.6 Å². The largest absolute Gasteiger partial charge is 0.462 e. The topological polar surface area (TPSA) is 95.0 Å². The van der Waals surface area contributed by atoms with Crippen LogP contribution in [0.3, 0.4) is 0 Å². The summed E-state index contributed by atoms with van der Waals surface area (Å²) in [5, 5.41) is 0.102. The lowest BCUT2D eigenvalue weighted by Gasteiger charge is -2.17. The molecule has 0 aliphatic rings. The molecule has 4 rings (SSSR count). The van der Waals surface area contributed by atoms with Gasteiger partial charge in [0.1, 0.15) is 34.1 Å². The smallest absolute Gasteiger partial charge is 0.341 e. The fourth-order valence-corrected chi connectivity index (χ4v) is 3.96. The molecule has 3 aromatic heterocycles. The molecule has 0 bridgehead atoms. The Labute approximate surface area is 204 Å². The first kappa shape index (κ1) is 24.9. The number of carbonyl (C=O) groups excluding carboxylic acids is 2. The van der Waals surface area contributed by atoms with Crippen molar-refractivity contribution in [2.75, 3.05) is 6.61 Å². The normalized spacial score (nSPS) is 12.0. The van der Waals surface area contributed by atoms with E-state index in [-0.39, 0.29) is 41.2 Å². The van der Waals surface area contributed by atoms with Gasteiger partial charge in [0.2, 0.25) is 0 Å². The van der Waals surface area contributed by atoms with Gasteiger partial charge in [-0.05, 0) is 49.6 Å². The minimum atomic E-state index is -1.22. The highest BCUT2D eigenvalue weighted by atomic mass is 19.1. The second-order valence-electron chi connectivity index (χ2n) is 8.66. The van der Waals surface area contributed by atoms with Crippen molar-refractivity contribution < 1.29 is 23.1 Å². The number of nitrogens with zero attached hydrogens (tertiary/aromatic N) is 4. The number of fused-ring (bicyclic) bond motifs is 2. The molecule has 0 spiro atoms. The van der Waals surface area contributed by atoms with Gasteiger partial charge in [0.05, 0.1) is 12.0 Å². The molecular formula is C26H24F2N4O4. The van der Waals surface area contributed by atoms with Crippen LogP contribution in [0.4, 0.5) is 8.78 Å². The van der Waals surface area contributed by atoms with Crippen molar-refractivity contribution in [2.45, 2.75) is 34.2 Å². The molecule has 0 unspecified atom stereocenters. The fraction of sp³-hybridized carbons (Fsp3) is 0.269. The van der Waals surface area contributed by atoms with Crippen LogP contribution in [0.15, 0.2) is 52.4 Å². The van der Waals surface area contributed by atoms with E-state index in [0.717, 1.165) is 23.8 Å². The number of carbonyl (C=O) groups is 2. The molecule has 1 aromatic carbocycles. The highest BCUT2D eigenvalue weighted by molar-refractivity contribution is 5.97. The zero-order valence-electron chi connectivity index (χ0n) is 20.2. The molecule has 0 fully saturated rings. The maximum absolute atomic E-state index is 14.3. The zero-order valence-corrected chi connectivity index (χ0v) is 20.2. The van der Waals surface area contributed by atoms with Gasteiger partial charge >= 0.3 is 5.97 Å². The van der Waals surface area contributed by atoms with Crippen LogP contribution in [-0.2, 0) is 11.3 Å². The molecule has 0 saturated carbocycles. The van der Waals surface area contributed by atoms with Gasteiger partial charge in [0.15, 0.2) is 5.49 Å². The van der Waals surface area contributed by atoms with E-state index in [4.69, 9.17) is 4.74 Å². The predicted molar refractivity (Wildman–Crippen MR) is 129 cm³/mol. The van der Waals surface area contributed by atoms with Gasteiger partial charge in [-0.3, -0.25) is 14.0 Å². The summed E-state index contributed by atoms with van der Waals surface area (Å²) in [6.07, 6.45) is 1.57. The summed E-state index contributed by atoms with van der Waals surface area (Å²) in [6.45, 7) is 7.39. The Morgan fingerprint density at radius 1 is 1.11 bits per heavy atom. The van der Waals surface area contributed by atoms with E-state index in [9.17, 15) is 23.2 Å². The quantitative estimate of drug-likeness (QED) is 0.311. The Morgan fingerprint density at radius 2 is 1.81 bits per heavy atom. The van der Waals surface area contributed by atoms with Gasteiger partial charge in [-0.2, -0.15) is 4.99 Å². The van der Waals surface area contributed by atoms with Gasteiger partial charge in [-0.15, -0.1) is 0 Å². The van der Waals surface area contributed by atoms with Gasteiger partial charge in [0.25, 0.3) is 11.5 Å². The SMILES string of the molecule is CCOC(=O)c1cc2c(=O)n3cccc(C)c3nc2n(CC(C)C)c1=NC(=O)c1c(F)cccc1F. The van der Waals surface area contributed by atoms with E-state index in [1.165, 1.54) is 15.0 Å². The first-order valence-corrected chi connectivity index (χ1v) is 11.4. The van der Waals surface area contributed by atoms with Crippen molar-refractivity contribution in [3.05, 3.63) is 86.8 Å². The number of esters is 1. The summed E-state index contributed by atoms with van der Waals surface area (Å²) < 4.78 is 36.7. The fourth-order valence-electron chi connectivity index (χ4n) is 3.96. The minimum absolute atomic E-state index is 0.0184. The van der Waals surface area contributed by atoms with Crippen LogP contribution < -0.4 is 11.0 Å². The number of aryl methyl sites for hydroxylation is 1. The van der Waals surface area contributed by atoms with E-state index in [1.54, 1.807) is 32.2 Å². The Kier molecular flexibility index (Phi) is 6.78. The van der Waals surface area contributed by atoms with E-state index < -0.39 is 34.6 Å². The van der Waals surface area contributed by atoms with E-state index in [2.05, 4.69) is 9.98 Å². The number of halogens is 2. The first-order valence-electron chi connectivity index (χ1n) is 11.4. The number of hydrogen-bond acceptors (Lipinski definition) is 5. The summed E-state index contributed by atoms with van der Waals surface area (Å²) in [5.74, 6) is -4.28. The molecule has 36 heavy (non-hydrogen) atoms.